The highest BCUT2D eigenvalue weighted by molar-refractivity contribution is 7.89. The van der Waals surface area contributed by atoms with Crippen LogP contribution in [0.5, 0.6) is 0 Å². The summed E-state index contributed by atoms with van der Waals surface area (Å²) in [4.78, 5) is 0.316. The molecule has 4 nitrogen and oxygen atoms in total. The molecule has 0 saturated heterocycles. The third-order valence-electron chi connectivity index (χ3n) is 2.52. The number of nitrogens with one attached hydrogen (secondary N) is 1. The van der Waals surface area contributed by atoms with Gasteiger partial charge in [0.05, 0.1) is 10.7 Å². The van der Waals surface area contributed by atoms with Gasteiger partial charge in [-0.25, -0.2) is 13.1 Å². The molecule has 3 N–H and O–H groups in total. The molecule has 0 atom stereocenters. The van der Waals surface area contributed by atoms with Gasteiger partial charge in [0.15, 0.2) is 0 Å². The number of thiocarbonyl (C=S) groups is 1. The van der Waals surface area contributed by atoms with Crippen LogP contribution in [0.4, 0.5) is 0 Å². The zero-order valence-corrected chi connectivity index (χ0v) is 13.0. The molecular formula is C11H24N2O2S2. The molecule has 102 valence electrons. The molecule has 0 heterocycles. The van der Waals surface area contributed by atoms with Crippen LogP contribution in [0.3, 0.4) is 0 Å². The molecule has 0 aromatic carbocycles. The maximum atomic E-state index is 11.8. The standard InChI is InChI=1S/C11H24N2O2S2/c1-10(2,3)6-7-17(14,15)13-8-11(4,5)9(12)16/h13H,6-8H2,1-5H3,(H2,12,16). The third kappa shape index (κ3) is 7.68. The molecule has 17 heavy (non-hydrogen) atoms. The Balaban J connectivity index is 4.34. The molecular weight excluding hydrogens is 256 g/mol. The molecule has 0 aromatic rings. The molecule has 0 bridgehead atoms. The van der Waals surface area contributed by atoms with E-state index in [4.69, 9.17) is 18.0 Å². The number of nitrogens with two attached hydrogens (primary N) is 1. The van der Waals surface area contributed by atoms with Crippen molar-refractivity contribution in [2.45, 2.75) is 41.0 Å². The Morgan fingerprint density at radius 2 is 1.71 bits per heavy atom. The monoisotopic (exact) mass is 280 g/mol. The van der Waals surface area contributed by atoms with Crippen molar-refractivity contribution in [2.75, 3.05) is 12.3 Å². The van der Waals surface area contributed by atoms with Crippen molar-refractivity contribution < 1.29 is 8.42 Å². The summed E-state index contributed by atoms with van der Waals surface area (Å²) in [6, 6.07) is 0. The van der Waals surface area contributed by atoms with E-state index in [2.05, 4.69) is 4.72 Å². The van der Waals surface area contributed by atoms with Crippen molar-refractivity contribution >= 4 is 27.2 Å². The fourth-order valence-electron chi connectivity index (χ4n) is 0.890. The fraction of sp³-hybridized carbons (Fsp3) is 0.909. The Morgan fingerprint density at radius 3 is 2.06 bits per heavy atom. The van der Waals surface area contributed by atoms with Gasteiger partial charge in [-0.2, -0.15) is 0 Å². The van der Waals surface area contributed by atoms with E-state index in [1.807, 2.05) is 34.6 Å². The van der Waals surface area contributed by atoms with Gasteiger partial charge in [0, 0.05) is 12.0 Å². The predicted octanol–water partition coefficient (Wildman–Crippen LogP) is 1.65. The van der Waals surface area contributed by atoms with E-state index >= 15 is 0 Å². The molecule has 0 aliphatic rings. The normalized spacial score (nSPS) is 13.7. The molecule has 6 heteroatoms. The van der Waals surface area contributed by atoms with Crippen molar-refractivity contribution in [3.05, 3.63) is 0 Å². The Bertz CT molecular complexity index is 367. The molecule has 0 spiro atoms. The average Bonchev–Trinajstić information content (AvgIpc) is 2.11. The Hall–Kier alpha value is -0.200. The summed E-state index contributed by atoms with van der Waals surface area (Å²) < 4.78 is 26.1. The Morgan fingerprint density at radius 1 is 1.24 bits per heavy atom. The summed E-state index contributed by atoms with van der Waals surface area (Å²) >= 11 is 4.89. The van der Waals surface area contributed by atoms with Crippen LogP contribution in [0.1, 0.15) is 41.0 Å². The summed E-state index contributed by atoms with van der Waals surface area (Å²) in [7, 11) is -3.25. The topological polar surface area (TPSA) is 72.2 Å². The second-order valence-electron chi connectivity index (χ2n) is 6.20. The summed E-state index contributed by atoms with van der Waals surface area (Å²) in [6.07, 6.45) is 0.621. The van der Waals surface area contributed by atoms with Crippen LogP contribution in [-0.4, -0.2) is 25.7 Å². The van der Waals surface area contributed by atoms with Gasteiger partial charge >= 0.3 is 0 Å². The average molecular weight is 280 g/mol. The van der Waals surface area contributed by atoms with Gasteiger partial charge in [0.2, 0.25) is 10.0 Å². The number of hydrogen-bond acceptors (Lipinski definition) is 3. The van der Waals surface area contributed by atoms with E-state index in [-0.39, 0.29) is 17.7 Å². The van der Waals surface area contributed by atoms with Gasteiger partial charge in [-0.05, 0) is 11.8 Å². The van der Waals surface area contributed by atoms with Gasteiger partial charge in [-0.15, -0.1) is 0 Å². The largest absolute Gasteiger partial charge is 0.393 e. The quantitative estimate of drug-likeness (QED) is 0.726. The smallest absolute Gasteiger partial charge is 0.211 e. The first kappa shape index (κ1) is 16.8. The van der Waals surface area contributed by atoms with Gasteiger partial charge in [0.25, 0.3) is 0 Å². The van der Waals surface area contributed by atoms with Crippen molar-refractivity contribution in [1.29, 1.82) is 0 Å². The van der Waals surface area contributed by atoms with E-state index in [9.17, 15) is 8.42 Å². The summed E-state index contributed by atoms with van der Waals surface area (Å²) in [6.45, 7) is 9.93. The minimum Gasteiger partial charge on any atom is -0.393 e. The second-order valence-corrected chi connectivity index (χ2v) is 8.57. The number of hydrogen-bond donors (Lipinski definition) is 2. The Kier molecular flexibility index (Phi) is 5.56. The lowest BCUT2D eigenvalue weighted by Gasteiger charge is -2.24. The maximum Gasteiger partial charge on any atom is 0.211 e. The lowest BCUT2D eigenvalue weighted by molar-refractivity contribution is 0.395. The Labute approximate surface area is 110 Å². The highest BCUT2D eigenvalue weighted by Crippen LogP contribution is 2.19. The highest BCUT2D eigenvalue weighted by atomic mass is 32.2. The van der Waals surface area contributed by atoms with Crippen molar-refractivity contribution in [1.82, 2.24) is 4.72 Å². The van der Waals surface area contributed by atoms with E-state index < -0.39 is 15.4 Å². The van der Waals surface area contributed by atoms with Gasteiger partial charge in [-0.3, -0.25) is 0 Å². The zero-order chi connectivity index (χ0) is 13.9. The fourth-order valence-corrected chi connectivity index (χ4v) is 2.57. The molecule has 0 radical (unpaired) electrons. The SMILES string of the molecule is CC(C)(C)CCS(=O)(=O)NCC(C)(C)C(N)=S. The highest BCUT2D eigenvalue weighted by Gasteiger charge is 2.24. The number of sulfonamides is 1. The van der Waals surface area contributed by atoms with Crippen molar-refractivity contribution in [2.24, 2.45) is 16.6 Å². The molecule has 0 aliphatic heterocycles. The summed E-state index contributed by atoms with van der Waals surface area (Å²) in [5, 5.41) is 0. The van der Waals surface area contributed by atoms with Gasteiger partial charge in [-0.1, -0.05) is 46.8 Å². The van der Waals surface area contributed by atoms with Crippen LogP contribution >= 0.6 is 12.2 Å². The lowest BCUT2D eigenvalue weighted by atomic mass is 9.94. The zero-order valence-electron chi connectivity index (χ0n) is 11.3. The minimum atomic E-state index is -3.25. The number of rotatable bonds is 6. The minimum absolute atomic E-state index is 0.00738. The van der Waals surface area contributed by atoms with Gasteiger partial charge in [0.1, 0.15) is 0 Å². The molecule has 0 aliphatic carbocycles. The molecule has 0 saturated carbocycles. The van der Waals surface area contributed by atoms with Crippen LogP contribution in [-0.2, 0) is 10.0 Å². The summed E-state index contributed by atoms with van der Waals surface area (Å²) in [5.41, 5.74) is 5.05. The summed E-state index contributed by atoms with van der Waals surface area (Å²) in [5.74, 6) is 0.129. The van der Waals surface area contributed by atoms with Crippen LogP contribution in [0.25, 0.3) is 0 Å². The van der Waals surface area contributed by atoms with Crippen molar-refractivity contribution in [3.63, 3.8) is 0 Å². The second kappa shape index (κ2) is 5.63. The molecule has 0 rings (SSSR count). The van der Waals surface area contributed by atoms with Crippen LogP contribution in [0.2, 0.25) is 0 Å². The third-order valence-corrected chi connectivity index (χ3v) is 4.40. The van der Waals surface area contributed by atoms with E-state index in [0.717, 1.165) is 0 Å². The molecule has 0 aromatic heterocycles. The molecule has 0 fully saturated rings. The van der Waals surface area contributed by atoms with E-state index in [1.165, 1.54) is 0 Å². The van der Waals surface area contributed by atoms with E-state index in [1.54, 1.807) is 0 Å². The molecule has 0 unspecified atom stereocenters. The van der Waals surface area contributed by atoms with Crippen LogP contribution in [0, 0.1) is 10.8 Å². The predicted molar refractivity (Wildman–Crippen MR) is 76.4 cm³/mol. The molecule has 0 amide bonds. The van der Waals surface area contributed by atoms with E-state index in [0.29, 0.717) is 11.4 Å². The first-order chi connectivity index (χ1) is 7.36. The first-order valence-electron chi connectivity index (χ1n) is 5.63. The van der Waals surface area contributed by atoms with Crippen LogP contribution < -0.4 is 10.5 Å². The maximum absolute atomic E-state index is 11.8. The first-order valence-corrected chi connectivity index (χ1v) is 7.69. The van der Waals surface area contributed by atoms with Crippen LogP contribution in [0.15, 0.2) is 0 Å². The van der Waals surface area contributed by atoms with Gasteiger partial charge < -0.3 is 5.73 Å². The lowest BCUT2D eigenvalue weighted by Crippen LogP contribution is -2.42. The van der Waals surface area contributed by atoms with Crippen molar-refractivity contribution in [3.8, 4) is 0 Å².